The molecule has 35 heavy (non-hydrogen) atoms. The van der Waals surface area contributed by atoms with E-state index >= 15 is 0 Å². The van der Waals surface area contributed by atoms with Gasteiger partial charge in [0.15, 0.2) is 11.5 Å². The molecule has 0 amide bonds. The number of allylic oxidation sites excluding steroid dienone is 1. The van der Waals surface area contributed by atoms with Crippen LogP contribution < -0.4 is 26.0 Å². The van der Waals surface area contributed by atoms with Gasteiger partial charge in [0.1, 0.15) is 19.0 Å². The molecule has 0 aliphatic carbocycles. The van der Waals surface area contributed by atoms with Crippen LogP contribution in [0.2, 0.25) is 0 Å². The summed E-state index contributed by atoms with van der Waals surface area (Å²) in [5, 5.41) is 2.95. The van der Waals surface area contributed by atoms with Crippen LogP contribution in [-0.2, 0) is 16.1 Å². The number of carbonyl (C=O) groups is 1. The van der Waals surface area contributed by atoms with Crippen molar-refractivity contribution in [1.29, 1.82) is 0 Å². The zero-order valence-corrected chi connectivity index (χ0v) is 19.3. The van der Waals surface area contributed by atoms with Crippen molar-refractivity contribution < 1.29 is 19.0 Å². The lowest BCUT2D eigenvalue weighted by Gasteiger charge is -2.29. The second-order valence-corrected chi connectivity index (χ2v) is 7.87. The second-order valence-electron chi connectivity index (χ2n) is 7.87. The molecule has 2 aromatic carbocycles. The van der Waals surface area contributed by atoms with Crippen molar-refractivity contribution in [1.82, 2.24) is 9.97 Å². The van der Waals surface area contributed by atoms with E-state index in [1.165, 1.54) is 13.2 Å². The normalized spacial score (nSPS) is 14.5. The van der Waals surface area contributed by atoms with Gasteiger partial charge in [-0.25, -0.2) is 9.59 Å². The molecular weight excluding hydrogens is 450 g/mol. The molecule has 9 nitrogen and oxygen atoms in total. The highest BCUT2D eigenvalue weighted by molar-refractivity contribution is 5.94. The molecule has 4 rings (SSSR count). The number of nitrogens with one attached hydrogen (secondary N) is 3. The molecule has 1 aliphatic heterocycles. The van der Waals surface area contributed by atoms with Crippen LogP contribution in [0.25, 0.3) is 0 Å². The highest BCUT2D eigenvalue weighted by Crippen LogP contribution is 2.42. The predicted octanol–water partition coefficient (Wildman–Crippen LogP) is 3.21. The Labute approximate surface area is 201 Å². The van der Waals surface area contributed by atoms with Gasteiger partial charge in [-0.3, -0.25) is 14.8 Å². The minimum atomic E-state index is -0.832. The van der Waals surface area contributed by atoms with Gasteiger partial charge in [-0.1, -0.05) is 49.1 Å². The first kappa shape index (κ1) is 23.6. The number of benzene rings is 2. The first-order valence-electron chi connectivity index (χ1n) is 10.9. The minimum absolute atomic E-state index is 0.00670. The van der Waals surface area contributed by atoms with Gasteiger partial charge in [0.05, 0.1) is 24.2 Å². The molecule has 1 atom stereocenters. The van der Waals surface area contributed by atoms with E-state index in [4.69, 9.17) is 14.2 Å². The molecule has 0 bridgehead atoms. The maximum absolute atomic E-state index is 13.0. The standard InChI is InChI=1S/C26H25N3O6/c1-4-12-34-25(31)20-15(2)27-23-22(24(30)29-26(32)28-23)21(20)17-10-11-18(19(13-17)33-3)35-14-16-8-6-5-7-9-16/h4-11,13,21H,1,12,14H2,2-3H3,(H3,27,28,29,30,32)/t21-/m0/s1. The Morgan fingerprint density at radius 1 is 1.09 bits per heavy atom. The van der Waals surface area contributed by atoms with Crippen molar-refractivity contribution in [2.75, 3.05) is 19.0 Å². The summed E-state index contributed by atoms with van der Waals surface area (Å²) in [5.74, 6) is -0.303. The Kier molecular flexibility index (Phi) is 6.86. The molecule has 3 aromatic rings. The van der Waals surface area contributed by atoms with Crippen molar-refractivity contribution in [3.8, 4) is 11.5 Å². The molecule has 0 saturated heterocycles. The average molecular weight is 476 g/mol. The maximum atomic E-state index is 13.0. The molecule has 9 heteroatoms. The number of esters is 1. The third kappa shape index (κ3) is 4.89. The number of hydrogen-bond acceptors (Lipinski definition) is 7. The van der Waals surface area contributed by atoms with Crippen LogP contribution in [0.3, 0.4) is 0 Å². The highest BCUT2D eigenvalue weighted by Gasteiger charge is 2.36. The lowest BCUT2D eigenvalue weighted by molar-refractivity contribution is -0.138. The summed E-state index contributed by atoms with van der Waals surface area (Å²) in [7, 11) is 1.51. The van der Waals surface area contributed by atoms with E-state index in [0.29, 0.717) is 29.4 Å². The van der Waals surface area contributed by atoms with Crippen LogP contribution in [0.15, 0.2) is 82.0 Å². The van der Waals surface area contributed by atoms with Crippen LogP contribution in [0.4, 0.5) is 5.82 Å². The molecule has 180 valence electrons. The van der Waals surface area contributed by atoms with E-state index in [1.807, 2.05) is 30.3 Å². The van der Waals surface area contributed by atoms with Crippen LogP contribution >= 0.6 is 0 Å². The summed E-state index contributed by atoms with van der Waals surface area (Å²) in [6, 6.07) is 14.9. The van der Waals surface area contributed by atoms with Gasteiger partial charge >= 0.3 is 11.7 Å². The quantitative estimate of drug-likeness (QED) is 0.338. The summed E-state index contributed by atoms with van der Waals surface area (Å²) < 4.78 is 16.8. The number of methoxy groups -OCH3 is 1. The fourth-order valence-corrected chi connectivity index (χ4v) is 4.02. The van der Waals surface area contributed by atoms with E-state index in [2.05, 4.69) is 21.9 Å². The summed E-state index contributed by atoms with van der Waals surface area (Å²) >= 11 is 0. The van der Waals surface area contributed by atoms with Gasteiger partial charge in [-0.05, 0) is 30.2 Å². The average Bonchev–Trinajstić information content (AvgIpc) is 2.85. The largest absolute Gasteiger partial charge is 0.493 e. The molecule has 0 fully saturated rings. The molecule has 0 unspecified atom stereocenters. The fourth-order valence-electron chi connectivity index (χ4n) is 4.02. The number of fused-ring (bicyclic) bond motifs is 1. The van der Waals surface area contributed by atoms with Crippen LogP contribution in [0, 0.1) is 0 Å². The van der Waals surface area contributed by atoms with Crippen LogP contribution in [-0.4, -0.2) is 29.7 Å². The fraction of sp³-hybridized carbons (Fsp3) is 0.192. The number of aromatic amines is 2. The Morgan fingerprint density at radius 3 is 2.57 bits per heavy atom. The molecule has 1 aromatic heterocycles. The van der Waals surface area contributed by atoms with Crippen molar-refractivity contribution in [3.05, 3.63) is 110 Å². The van der Waals surface area contributed by atoms with E-state index in [9.17, 15) is 14.4 Å². The number of carbonyl (C=O) groups excluding carboxylic acids is 1. The molecular formula is C26H25N3O6. The third-order valence-corrected chi connectivity index (χ3v) is 5.58. The summed E-state index contributed by atoms with van der Waals surface area (Å²) in [5.41, 5.74) is 1.16. The summed E-state index contributed by atoms with van der Waals surface area (Å²) in [6.07, 6.45) is 1.46. The molecule has 1 aliphatic rings. The van der Waals surface area contributed by atoms with Crippen LogP contribution in [0.5, 0.6) is 11.5 Å². The Hall–Kier alpha value is -4.53. The highest BCUT2D eigenvalue weighted by atomic mass is 16.5. The summed E-state index contributed by atoms with van der Waals surface area (Å²) in [4.78, 5) is 42.6. The van der Waals surface area contributed by atoms with Gasteiger partial charge < -0.3 is 19.5 Å². The zero-order chi connectivity index (χ0) is 24.9. The Bertz CT molecular complexity index is 1400. The number of rotatable bonds is 8. The van der Waals surface area contributed by atoms with Crippen molar-refractivity contribution in [2.45, 2.75) is 19.4 Å². The molecule has 0 saturated carbocycles. The van der Waals surface area contributed by atoms with Crippen molar-refractivity contribution >= 4 is 11.8 Å². The number of H-pyrrole nitrogens is 2. The molecule has 2 heterocycles. The lowest BCUT2D eigenvalue weighted by Crippen LogP contribution is -2.35. The first-order valence-corrected chi connectivity index (χ1v) is 10.9. The third-order valence-electron chi connectivity index (χ3n) is 5.58. The number of aromatic nitrogens is 2. The molecule has 3 N–H and O–H groups in total. The van der Waals surface area contributed by atoms with Gasteiger partial charge in [0.25, 0.3) is 5.56 Å². The Balaban J connectivity index is 1.79. The Morgan fingerprint density at radius 2 is 1.86 bits per heavy atom. The second kappa shape index (κ2) is 10.2. The van der Waals surface area contributed by atoms with Gasteiger partial charge in [0, 0.05) is 5.70 Å². The molecule has 0 spiro atoms. The van der Waals surface area contributed by atoms with E-state index < -0.39 is 23.1 Å². The molecule has 0 radical (unpaired) electrons. The van der Waals surface area contributed by atoms with E-state index in [0.717, 1.165) is 5.56 Å². The number of anilines is 1. The van der Waals surface area contributed by atoms with Gasteiger partial charge in [-0.2, -0.15) is 0 Å². The lowest BCUT2D eigenvalue weighted by atomic mass is 9.82. The number of hydrogen-bond donors (Lipinski definition) is 3. The summed E-state index contributed by atoms with van der Waals surface area (Å²) in [6.45, 7) is 5.59. The predicted molar refractivity (Wildman–Crippen MR) is 131 cm³/mol. The number of ether oxygens (including phenoxy) is 3. The smallest absolute Gasteiger partial charge is 0.337 e. The van der Waals surface area contributed by atoms with Gasteiger partial charge in [-0.15, -0.1) is 0 Å². The van der Waals surface area contributed by atoms with Gasteiger partial charge in [0.2, 0.25) is 0 Å². The van der Waals surface area contributed by atoms with Crippen molar-refractivity contribution in [3.63, 3.8) is 0 Å². The van der Waals surface area contributed by atoms with E-state index in [-0.39, 0.29) is 23.6 Å². The monoisotopic (exact) mass is 475 g/mol. The van der Waals surface area contributed by atoms with E-state index in [1.54, 1.807) is 25.1 Å². The van der Waals surface area contributed by atoms with Crippen molar-refractivity contribution in [2.24, 2.45) is 0 Å². The topological polar surface area (TPSA) is 123 Å². The van der Waals surface area contributed by atoms with Crippen LogP contribution in [0.1, 0.15) is 29.5 Å². The SMILES string of the molecule is C=CCOC(=O)C1=C(C)Nc2[nH]c(=O)[nH]c(=O)c2[C@H]1c1ccc(OCc2ccccc2)c(OC)c1. The minimum Gasteiger partial charge on any atom is -0.493 e. The maximum Gasteiger partial charge on any atom is 0.337 e. The zero-order valence-electron chi connectivity index (χ0n) is 19.3. The first-order chi connectivity index (χ1) is 16.9.